The van der Waals surface area contributed by atoms with E-state index in [1.165, 1.54) is 0 Å². The summed E-state index contributed by atoms with van der Waals surface area (Å²) in [6.45, 7) is 2.03. The Morgan fingerprint density at radius 2 is 1.59 bits per heavy atom. The van der Waals surface area contributed by atoms with Crippen LogP contribution in [0.25, 0.3) is 0 Å². The summed E-state index contributed by atoms with van der Waals surface area (Å²) in [7, 11) is 3.89. The third-order valence-electron chi connectivity index (χ3n) is 2.78. The van der Waals surface area contributed by atoms with Gasteiger partial charge in [-0.1, -0.05) is 12.1 Å². The number of ether oxygens (including phenoxy) is 1. The van der Waals surface area contributed by atoms with E-state index in [1.54, 1.807) is 28.4 Å². The van der Waals surface area contributed by atoms with Crippen LogP contribution in [0.4, 0.5) is 0 Å². The summed E-state index contributed by atoms with van der Waals surface area (Å²) in [5.74, 6) is 0.841. The average molecular weight is 256 g/mol. The average Bonchev–Trinajstić information content (AvgIpc) is 2.37. The van der Waals surface area contributed by atoms with Crippen LogP contribution in [0.15, 0.2) is 18.2 Å². The fraction of sp³-hybridized carbons (Fsp3) is 0.500. The Hall–Kier alpha value is -0.883. The Bertz CT molecular complexity index is 355. The lowest BCUT2D eigenvalue weighted by Crippen LogP contribution is -2.45. The minimum atomic E-state index is -2.60. The molecule has 0 fully saturated rings. The van der Waals surface area contributed by atoms with Crippen LogP contribution >= 0.6 is 0 Å². The summed E-state index contributed by atoms with van der Waals surface area (Å²) < 4.78 is 21.6. The Morgan fingerprint density at radius 1 is 1.00 bits per heavy atom. The molecule has 17 heavy (non-hydrogen) atoms. The molecular weight excluding hydrogens is 236 g/mol. The summed E-state index contributed by atoms with van der Waals surface area (Å²) in [6, 6.07) is 6.65. The predicted molar refractivity (Wildman–Crippen MR) is 68.2 cm³/mol. The molecule has 0 radical (unpaired) electrons. The first-order chi connectivity index (χ1) is 8.10. The quantitative estimate of drug-likeness (QED) is 0.729. The van der Waals surface area contributed by atoms with Gasteiger partial charge in [0.15, 0.2) is 0 Å². The van der Waals surface area contributed by atoms with E-state index in [2.05, 4.69) is 0 Å². The molecule has 0 atom stereocenters. The highest BCUT2D eigenvalue weighted by Gasteiger charge is 2.38. The molecule has 1 rings (SSSR count). The first-order valence-corrected chi connectivity index (χ1v) is 7.33. The number of benzene rings is 1. The second-order valence-electron chi connectivity index (χ2n) is 3.79. The van der Waals surface area contributed by atoms with E-state index in [4.69, 9.17) is 18.0 Å². The molecule has 0 saturated heterocycles. The van der Waals surface area contributed by atoms with Gasteiger partial charge in [0.2, 0.25) is 0 Å². The summed E-state index contributed by atoms with van der Waals surface area (Å²) in [4.78, 5) is 0. The maximum absolute atomic E-state index is 5.41. The molecule has 4 nitrogen and oxygen atoms in total. The molecule has 96 valence electrons. The molecule has 0 aliphatic rings. The van der Waals surface area contributed by atoms with Crippen LogP contribution in [0.2, 0.25) is 0 Å². The zero-order valence-corrected chi connectivity index (χ0v) is 12.1. The van der Waals surface area contributed by atoms with Gasteiger partial charge in [-0.3, -0.25) is 0 Å². The Balaban J connectivity index is 3.00. The molecular formula is C12H20O4Si. The summed E-state index contributed by atoms with van der Waals surface area (Å²) in [5, 5.41) is 0. The monoisotopic (exact) mass is 256 g/mol. The second kappa shape index (κ2) is 6.16. The number of hydrogen-bond acceptors (Lipinski definition) is 4. The van der Waals surface area contributed by atoms with E-state index < -0.39 is 8.80 Å². The van der Waals surface area contributed by atoms with E-state index in [1.807, 2.05) is 25.1 Å². The number of aryl methyl sites for hydroxylation is 1. The fourth-order valence-corrected chi connectivity index (χ4v) is 3.39. The molecule has 0 saturated carbocycles. The SMILES string of the molecule is COc1cc(C)ccc1C[Si](OC)(OC)OC. The van der Waals surface area contributed by atoms with Crippen LogP contribution in [-0.2, 0) is 19.3 Å². The Morgan fingerprint density at radius 3 is 2.06 bits per heavy atom. The van der Waals surface area contributed by atoms with Crippen molar-refractivity contribution >= 4 is 8.80 Å². The number of hydrogen-bond donors (Lipinski definition) is 0. The lowest BCUT2D eigenvalue weighted by Gasteiger charge is -2.25. The van der Waals surface area contributed by atoms with Crippen molar-refractivity contribution in [2.75, 3.05) is 28.4 Å². The first kappa shape index (κ1) is 14.2. The van der Waals surface area contributed by atoms with Gasteiger partial charge in [0.05, 0.1) is 7.11 Å². The molecule has 0 aliphatic heterocycles. The lowest BCUT2D eigenvalue weighted by molar-refractivity contribution is 0.122. The van der Waals surface area contributed by atoms with Gasteiger partial charge in [-0.25, -0.2) is 0 Å². The Kier molecular flexibility index (Phi) is 5.14. The van der Waals surface area contributed by atoms with Crippen molar-refractivity contribution in [3.05, 3.63) is 29.3 Å². The highest BCUT2D eigenvalue weighted by Crippen LogP contribution is 2.24. The molecule has 0 N–H and O–H groups in total. The van der Waals surface area contributed by atoms with Gasteiger partial charge in [-0.2, -0.15) is 0 Å². The van der Waals surface area contributed by atoms with Crippen LogP contribution < -0.4 is 4.74 Å². The van der Waals surface area contributed by atoms with E-state index in [9.17, 15) is 0 Å². The van der Waals surface area contributed by atoms with E-state index >= 15 is 0 Å². The smallest absolute Gasteiger partial charge is 0.496 e. The van der Waals surface area contributed by atoms with Crippen LogP contribution in [0, 0.1) is 6.92 Å². The highest BCUT2D eigenvalue weighted by atomic mass is 28.4. The van der Waals surface area contributed by atoms with E-state index in [0.29, 0.717) is 6.04 Å². The second-order valence-corrected chi connectivity index (χ2v) is 6.73. The third-order valence-corrected chi connectivity index (χ3v) is 5.46. The largest absolute Gasteiger partial charge is 0.504 e. The van der Waals surface area contributed by atoms with Gasteiger partial charge < -0.3 is 18.0 Å². The molecule has 0 aromatic heterocycles. The van der Waals surface area contributed by atoms with Crippen molar-refractivity contribution in [1.82, 2.24) is 0 Å². The Labute approximate surface area is 104 Å². The summed E-state index contributed by atoms with van der Waals surface area (Å²) >= 11 is 0. The van der Waals surface area contributed by atoms with Crippen molar-refractivity contribution in [2.45, 2.75) is 13.0 Å². The highest BCUT2D eigenvalue weighted by molar-refractivity contribution is 6.60. The van der Waals surface area contributed by atoms with Crippen LogP contribution in [-0.4, -0.2) is 37.2 Å². The maximum atomic E-state index is 5.41. The van der Waals surface area contributed by atoms with Crippen LogP contribution in [0.1, 0.15) is 11.1 Å². The molecule has 0 amide bonds. The van der Waals surface area contributed by atoms with E-state index in [-0.39, 0.29) is 0 Å². The fourth-order valence-electron chi connectivity index (χ4n) is 1.70. The number of rotatable bonds is 6. The van der Waals surface area contributed by atoms with Gasteiger partial charge in [0.25, 0.3) is 0 Å². The molecule has 5 heteroatoms. The van der Waals surface area contributed by atoms with Crippen LogP contribution in [0.5, 0.6) is 5.75 Å². The maximum Gasteiger partial charge on any atom is 0.504 e. The van der Waals surface area contributed by atoms with Gasteiger partial charge in [-0.15, -0.1) is 0 Å². The standard InChI is InChI=1S/C12H20O4Si/c1-10-6-7-11(12(8-10)13-2)9-17(14-3,15-4)16-5/h6-8H,9H2,1-5H3. The van der Waals surface area contributed by atoms with Crippen molar-refractivity contribution < 1.29 is 18.0 Å². The lowest BCUT2D eigenvalue weighted by atomic mass is 10.1. The molecule has 1 aromatic carbocycles. The van der Waals surface area contributed by atoms with E-state index in [0.717, 1.165) is 16.9 Å². The normalized spacial score (nSPS) is 11.6. The van der Waals surface area contributed by atoms with Crippen molar-refractivity contribution in [1.29, 1.82) is 0 Å². The minimum absolute atomic E-state index is 0.597. The summed E-state index contributed by atoms with van der Waals surface area (Å²) in [5.41, 5.74) is 2.19. The topological polar surface area (TPSA) is 36.9 Å². The van der Waals surface area contributed by atoms with Crippen LogP contribution in [0.3, 0.4) is 0 Å². The zero-order chi connectivity index (χ0) is 12.9. The number of methoxy groups -OCH3 is 1. The molecule has 0 unspecified atom stereocenters. The van der Waals surface area contributed by atoms with Gasteiger partial charge in [-0.05, 0) is 24.1 Å². The van der Waals surface area contributed by atoms with Crippen molar-refractivity contribution in [2.24, 2.45) is 0 Å². The molecule has 0 aliphatic carbocycles. The van der Waals surface area contributed by atoms with Gasteiger partial charge in [0.1, 0.15) is 5.75 Å². The van der Waals surface area contributed by atoms with Crippen molar-refractivity contribution in [3.63, 3.8) is 0 Å². The summed E-state index contributed by atoms with van der Waals surface area (Å²) in [6.07, 6.45) is 0. The zero-order valence-electron chi connectivity index (χ0n) is 11.1. The van der Waals surface area contributed by atoms with Gasteiger partial charge in [0, 0.05) is 27.4 Å². The van der Waals surface area contributed by atoms with Gasteiger partial charge >= 0.3 is 8.80 Å². The molecule has 0 heterocycles. The predicted octanol–water partition coefficient (Wildman–Crippen LogP) is 1.96. The first-order valence-electron chi connectivity index (χ1n) is 5.39. The third kappa shape index (κ3) is 3.29. The minimum Gasteiger partial charge on any atom is -0.496 e. The molecule has 1 aromatic rings. The molecule has 0 bridgehead atoms. The molecule has 0 spiro atoms. The van der Waals surface area contributed by atoms with Crippen molar-refractivity contribution in [3.8, 4) is 5.75 Å².